The third-order valence-electron chi connectivity index (χ3n) is 3.33. The summed E-state index contributed by atoms with van der Waals surface area (Å²) in [5.74, 6) is 0.0692. The third kappa shape index (κ3) is 4.24. The minimum atomic E-state index is -0.612. The molecule has 0 aromatic carbocycles. The lowest BCUT2D eigenvalue weighted by Gasteiger charge is -2.29. The second-order valence-corrected chi connectivity index (χ2v) is 4.73. The van der Waals surface area contributed by atoms with Crippen LogP contribution < -0.4 is 10.6 Å². The number of esters is 1. The van der Waals surface area contributed by atoms with Gasteiger partial charge in [-0.25, -0.2) is 9.59 Å². The van der Waals surface area contributed by atoms with Crippen LogP contribution in [0.4, 0.5) is 4.79 Å². The van der Waals surface area contributed by atoms with E-state index in [2.05, 4.69) is 22.3 Å². The molecule has 0 radical (unpaired) electrons. The first-order valence-corrected chi connectivity index (χ1v) is 6.19. The van der Waals surface area contributed by atoms with E-state index >= 15 is 0 Å². The van der Waals surface area contributed by atoms with Crippen molar-refractivity contribution in [2.24, 2.45) is 5.92 Å². The monoisotopic (exact) mass is 242 g/mol. The number of ether oxygens (including phenoxy) is 1. The van der Waals surface area contributed by atoms with Crippen molar-refractivity contribution in [1.82, 2.24) is 10.6 Å². The predicted octanol–water partition coefficient (Wildman–Crippen LogP) is 1.43. The molecule has 0 heterocycles. The van der Waals surface area contributed by atoms with E-state index in [0.717, 1.165) is 19.3 Å². The molecule has 2 N–H and O–H groups in total. The Kier molecular flexibility index (Phi) is 5.25. The van der Waals surface area contributed by atoms with Gasteiger partial charge in [0.15, 0.2) is 0 Å². The Morgan fingerprint density at radius 1 is 1.29 bits per heavy atom. The standard InChI is InChI=1S/C12H22N2O3/c1-8-6-4-5-7-10(8)14-12(16)13-9(2)11(15)17-3/h8-10H,4-7H2,1-3H3,(H2,13,14,16)/t8-,9+,10+/m1/s1. The average molecular weight is 242 g/mol. The van der Waals surface area contributed by atoms with Crippen molar-refractivity contribution in [3.63, 3.8) is 0 Å². The van der Waals surface area contributed by atoms with E-state index in [9.17, 15) is 9.59 Å². The highest BCUT2D eigenvalue weighted by molar-refractivity contribution is 5.83. The summed E-state index contributed by atoms with van der Waals surface area (Å²) in [4.78, 5) is 22.8. The molecular weight excluding hydrogens is 220 g/mol. The molecule has 1 rings (SSSR count). The van der Waals surface area contributed by atoms with Gasteiger partial charge in [0.1, 0.15) is 6.04 Å². The summed E-state index contributed by atoms with van der Waals surface area (Å²) in [6.45, 7) is 3.75. The fraction of sp³-hybridized carbons (Fsp3) is 0.833. The SMILES string of the molecule is COC(=O)[C@H](C)NC(=O)N[C@H]1CCCC[C@H]1C. The van der Waals surface area contributed by atoms with E-state index in [1.165, 1.54) is 13.5 Å². The maximum atomic E-state index is 11.7. The smallest absolute Gasteiger partial charge is 0.328 e. The fourth-order valence-corrected chi connectivity index (χ4v) is 2.17. The Labute approximate surface area is 102 Å². The van der Waals surface area contributed by atoms with Crippen LogP contribution in [0.25, 0.3) is 0 Å². The van der Waals surface area contributed by atoms with Crippen LogP contribution in [0, 0.1) is 5.92 Å². The van der Waals surface area contributed by atoms with Crippen LogP contribution in [0.1, 0.15) is 39.5 Å². The second-order valence-electron chi connectivity index (χ2n) is 4.73. The highest BCUT2D eigenvalue weighted by atomic mass is 16.5. The van der Waals surface area contributed by atoms with Gasteiger partial charge in [-0.05, 0) is 25.7 Å². The van der Waals surface area contributed by atoms with E-state index in [1.807, 2.05) is 0 Å². The van der Waals surface area contributed by atoms with Crippen molar-refractivity contribution in [2.75, 3.05) is 7.11 Å². The van der Waals surface area contributed by atoms with Crippen LogP contribution in [0.15, 0.2) is 0 Å². The van der Waals surface area contributed by atoms with Gasteiger partial charge < -0.3 is 15.4 Å². The van der Waals surface area contributed by atoms with Gasteiger partial charge in [-0.1, -0.05) is 19.8 Å². The molecule has 0 spiro atoms. The van der Waals surface area contributed by atoms with E-state index in [0.29, 0.717) is 5.92 Å². The van der Waals surface area contributed by atoms with E-state index in [-0.39, 0.29) is 12.1 Å². The first-order valence-electron chi connectivity index (χ1n) is 6.19. The van der Waals surface area contributed by atoms with E-state index < -0.39 is 12.0 Å². The quantitative estimate of drug-likeness (QED) is 0.736. The molecule has 1 aliphatic carbocycles. The first kappa shape index (κ1) is 13.8. The molecule has 0 aromatic heterocycles. The van der Waals surface area contributed by atoms with Gasteiger partial charge in [-0.3, -0.25) is 0 Å². The topological polar surface area (TPSA) is 67.4 Å². The summed E-state index contributed by atoms with van der Waals surface area (Å²) in [6.07, 6.45) is 4.56. The Hall–Kier alpha value is -1.26. The van der Waals surface area contributed by atoms with Crippen LogP contribution in [0.3, 0.4) is 0 Å². The first-order chi connectivity index (χ1) is 8.04. The maximum absolute atomic E-state index is 11.7. The van der Waals surface area contributed by atoms with Gasteiger partial charge in [0.25, 0.3) is 0 Å². The molecular formula is C12H22N2O3. The van der Waals surface area contributed by atoms with Gasteiger partial charge in [0.2, 0.25) is 0 Å². The lowest BCUT2D eigenvalue weighted by Crippen LogP contribution is -2.50. The lowest BCUT2D eigenvalue weighted by atomic mass is 9.86. The van der Waals surface area contributed by atoms with Gasteiger partial charge >= 0.3 is 12.0 Å². The number of amides is 2. The van der Waals surface area contributed by atoms with Crippen LogP contribution in [0.5, 0.6) is 0 Å². The molecule has 3 atom stereocenters. The minimum absolute atomic E-state index is 0.216. The molecule has 5 nitrogen and oxygen atoms in total. The average Bonchev–Trinajstić information content (AvgIpc) is 2.31. The van der Waals surface area contributed by atoms with Crippen molar-refractivity contribution in [1.29, 1.82) is 0 Å². The summed E-state index contributed by atoms with van der Waals surface area (Å²) in [5, 5.41) is 5.49. The normalized spacial score (nSPS) is 25.8. The van der Waals surface area contributed by atoms with Crippen molar-refractivity contribution < 1.29 is 14.3 Å². The molecule has 17 heavy (non-hydrogen) atoms. The van der Waals surface area contributed by atoms with Crippen molar-refractivity contribution in [3.05, 3.63) is 0 Å². The number of hydrogen-bond acceptors (Lipinski definition) is 3. The van der Waals surface area contributed by atoms with E-state index in [4.69, 9.17) is 0 Å². The minimum Gasteiger partial charge on any atom is -0.467 e. The fourth-order valence-electron chi connectivity index (χ4n) is 2.17. The third-order valence-corrected chi connectivity index (χ3v) is 3.33. The van der Waals surface area contributed by atoms with Gasteiger partial charge in [0.05, 0.1) is 7.11 Å². The summed E-state index contributed by atoms with van der Waals surface area (Å²) in [6, 6.07) is -0.686. The second kappa shape index (κ2) is 6.47. The van der Waals surface area contributed by atoms with Crippen LogP contribution in [-0.2, 0) is 9.53 Å². The van der Waals surface area contributed by atoms with Crippen molar-refractivity contribution >= 4 is 12.0 Å². The highest BCUT2D eigenvalue weighted by Crippen LogP contribution is 2.23. The molecule has 0 aromatic rings. The summed E-state index contributed by atoms with van der Waals surface area (Å²) < 4.78 is 4.54. The zero-order valence-electron chi connectivity index (χ0n) is 10.8. The van der Waals surface area contributed by atoms with Crippen molar-refractivity contribution in [2.45, 2.75) is 51.6 Å². The van der Waals surface area contributed by atoms with Gasteiger partial charge in [-0.2, -0.15) is 0 Å². The lowest BCUT2D eigenvalue weighted by molar-refractivity contribution is -0.142. The number of urea groups is 1. The van der Waals surface area contributed by atoms with Gasteiger partial charge in [-0.15, -0.1) is 0 Å². The molecule has 2 amide bonds. The summed E-state index contributed by atoms with van der Waals surface area (Å²) >= 11 is 0. The Morgan fingerprint density at radius 2 is 1.94 bits per heavy atom. The molecule has 0 saturated heterocycles. The maximum Gasteiger partial charge on any atom is 0.328 e. The number of carbonyl (C=O) groups excluding carboxylic acids is 2. The number of rotatable bonds is 3. The Bertz CT molecular complexity index is 281. The van der Waals surface area contributed by atoms with Crippen LogP contribution in [0.2, 0.25) is 0 Å². The molecule has 5 heteroatoms. The summed E-state index contributed by atoms with van der Waals surface area (Å²) in [5.41, 5.74) is 0. The number of nitrogens with one attached hydrogen (secondary N) is 2. The molecule has 98 valence electrons. The number of hydrogen-bond donors (Lipinski definition) is 2. The molecule has 1 aliphatic rings. The van der Waals surface area contributed by atoms with Crippen LogP contribution >= 0.6 is 0 Å². The van der Waals surface area contributed by atoms with Crippen molar-refractivity contribution in [3.8, 4) is 0 Å². The summed E-state index contributed by atoms with van der Waals surface area (Å²) in [7, 11) is 1.31. The molecule has 1 saturated carbocycles. The molecule has 0 aliphatic heterocycles. The number of carbonyl (C=O) groups is 2. The van der Waals surface area contributed by atoms with Crippen LogP contribution in [-0.4, -0.2) is 31.2 Å². The number of methoxy groups -OCH3 is 1. The zero-order chi connectivity index (χ0) is 12.8. The molecule has 0 unspecified atom stereocenters. The zero-order valence-corrected chi connectivity index (χ0v) is 10.8. The Morgan fingerprint density at radius 3 is 2.53 bits per heavy atom. The molecule has 1 fully saturated rings. The predicted molar refractivity (Wildman–Crippen MR) is 64.6 cm³/mol. The Balaban J connectivity index is 2.35. The van der Waals surface area contributed by atoms with E-state index in [1.54, 1.807) is 6.92 Å². The molecule has 0 bridgehead atoms. The van der Waals surface area contributed by atoms with Gasteiger partial charge in [0, 0.05) is 6.04 Å². The largest absolute Gasteiger partial charge is 0.467 e. The highest BCUT2D eigenvalue weighted by Gasteiger charge is 2.24.